The first-order valence-electron chi connectivity index (χ1n) is 8.58. The monoisotopic (exact) mass is 362 g/mol. The van der Waals surface area contributed by atoms with E-state index >= 15 is 0 Å². The molecule has 0 aliphatic rings. The fourth-order valence-electron chi connectivity index (χ4n) is 2.65. The number of benzene rings is 2. The summed E-state index contributed by atoms with van der Waals surface area (Å²) in [6, 6.07) is 20.7. The number of aromatic nitrogens is 3. The molecule has 0 aliphatic heterocycles. The Bertz CT molecular complexity index is 915. The van der Waals surface area contributed by atoms with Crippen molar-refractivity contribution in [2.75, 3.05) is 0 Å². The van der Waals surface area contributed by atoms with E-state index in [1.165, 1.54) is 17.3 Å². The van der Waals surface area contributed by atoms with Crippen LogP contribution >= 0.6 is 11.8 Å². The van der Waals surface area contributed by atoms with Crippen LogP contribution in [0.15, 0.2) is 59.8 Å². The Hall–Kier alpha value is -2.58. The lowest BCUT2D eigenvalue weighted by Gasteiger charge is -2.19. The number of nitrogens with zero attached hydrogens (tertiary/aromatic N) is 4. The summed E-state index contributed by atoms with van der Waals surface area (Å²) in [5.74, 6) is 0.782. The van der Waals surface area contributed by atoms with Gasteiger partial charge in [0.15, 0.2) is 11.0 Å². The van der Waals surface area contributed by atoms with Crippen molar-refractivity contribution in [3.8, 4) is 23.1 Å². The molecular weight excluding hydrogens is 340 g/mol. The first-order chi connectivity index (χ1) is 12.4. The molecule has 3 aromatic rings. The second kappa shape index (κ2) is 7.35. The fraction of sp³-hybridized carbons (Fsp3) is 0.286. The molecule has 4 nitrogen and oxygen atoms in total. The molecule has 2 aromatic carbocycles. The molecule has 0 aliphatic carbocycles. The molecule has 5 heteroatoms. The van der Waals surface area contributed by atoms with E-state index < -0.39 is 0 Å². The van der Waals surface area contributed by atoms with Gasteiger partial charge in [-0.3, -0.25) is 4.57 Å². The third-order valence-electron chi connectivity index (χ3n) is 4.12. The summed E-state index contributed by atoms with van der Waals surface area (Å²) < 4.78 is 2.02. The summed E-state index contributed by atoms with van der Waals surface area (Å²) in [6.45, 7) is 8.47. The Morgan fingerprint density at radius 1 is 1.00 bits per heavy atom. The van der Waals surface area contributed by atoms with Gasteiger partial charge in [0.05, 0.1) is 11.3 Å². The average Bonchev–Trinajstić information content (AvgIpc) is 3.05. The largest absolute Gasteiger partial charge is 0.270 e. The minimum atomic E-state index is -0.197. The van der Waals surface area contributed by atoms with Gasteiger partial charge in [-0.15, -0.1) is 10.2 Å². The van der Waals surface area contributed by atoms with E-state index in [2.05, 4.69) is 61.3 Å². The lowest BCUT2D eigenvalue weighted by atomic mass is 9.87. The Labute approximate surface area is 158 Å². The number of hydrogen-bond donors (Lipinski definition) is 0. The number of nitriles is 1. The van der Waals surface area contributed by atoms with Crippen molar-refractivity contribution in [1.82, 2.24) is 14.8 Å². The summed E-state index contributed by atoms with van der Waals surface area (Å²) in [6.07, 6.45) is 0. The number of hydrogen-bond acceptors (Lipinski definition) is 4. The van der Waals surface area contributed by atoms with Crippen LogP contribution in [0.3, 0.4) is 0 Å². The zero-order chi connectivity index (χ0) is 18.7. The van der Waals surface area contributed by atoms with Crippen LogP contribution in [0.25, 0.3) is 17.1 Å². The van der Waals surface area contributed by atoms with Crippen molar-refractivity contribution >= 4 is 11.8 Å². The maximum Gasteiger partial charge on any atom is 0.197 e. The minimum Gasteiger partial charge on any atom is -0.270 e. The van der Waals surface area contributed by atoms with Crippen molar-refractivity contribution in [2.24, 2.45) is 0 Å². The van der Waals surface area contributed by atoms with Crippen LogP contribution in [0.1, 0.15) is 33.3 Å². The van der Waals surface area contributed by atoms with Gasteiger partial charge in [0.25, 0.3) is 0 Å². The average molecular weight is 363 g/mol. The lowest BCUT2D eigenvalue weighted by molar-refractivity contribution is 0.590. The van der Waals surface area contributed by atoms with E-state index in [-0.39, 0.29) is 10.7 Å². The summed E-state index contributed by atoms with van der Waals surface area (Å²) in [4.78, 5) is 0. The van der Waals surface area contributed by atoms with E-state index in [0.29, 0.717) is 0 Å². The van der Waals surface area contributed by atoms with Gasteiger partial charge in [-0.05, 0) is 30.0 Å². The Kier molecular flexibility index (Phi) is 5.15. The van der Waals surface area contributed by atoms with Gasteiger partial charge in [-0.25, -0.2) is 0 Å². The van der Waals surface area contributed by atoms with Crippen LogP contribution in [0.5, 0.6) is 0 Å². The van der Waals surface area contributed by atoms with Crippen LogP contribution in [0, 0.1) is 11.3 Å². The van der Waals surface area contributed by atoms with Crippen LogP contribution in [-0.4, -0.2) is 20.0 Å². The second-order valence-corrected chi connectivity index (χ2v) is 8.50. The predicted molar refractivity (Wildman–Crippen MR) is 106 cm³/mol. The summed E-state index contributed by atoms with van der Waals surface area (Å²) in [5, 5.41) is 18.5. The highest BCUT2D eigenvalue weighted by atomic mass is 32.2. The van der Waals surface area contributed by atoms with E-state index in [1.54, 1.807) is 0 Å². The van der Waals surface area contributed by atoms with Crippen LogP contribution in [0.4, 0.5) is 0 Å². The molecule has 0 amide bonds. The van der Waals surface area contributed by atoms with Gasteiger partial charge >= 0.3 is 0 Å². The molecule has 1 heterocycles. The van der Waals surface area contributed by atoms with E-state index in [4.69, 9.17) is 5.26 Å². The predicted octanol–water partition coefficient (Wildman–Crippen LogP) is 5.24. The second-order valence-electron chi connectivity index (χ2n) is 7.19. The SMILES string of the molecule is C[C@@H](C#N)Sc1nnc(-c2ccc(C(C)(C)C)cc2)n1-c1ccccc1. The maximum atomic E-state index is 9.16. The highest BCUT2D eigenvalue weighted by molar-refractivity contribution is 8.00. The number of thioether (sulfide) groups is 1. The van der Waals surface area contributed by atoms with Crippen LogP contribution in [0.2, 0.25) is 0 Å². The molecule has 0 unspecified atom stereocenters. The Morgan fingerprint density at radius 3 is 2.23 bits per heavy atom. The normalized spacial score (nSPS) is 12.6. The first kappa shape index (κ1) is 18.2. The third-order valence-corrected chi connectivity index (χ3v) is 5.05. The van der Waals surface area contributed by atoms with Gasteiger partial charge in [-0.1, -0.05) is 75.0 Å². The maximum absolute atomic E-state index is 9.16. The van der Waals surface area contributed by atoms with Crippen LogP contribution in [-0.2, 0) is 5.41 Å². The van der Waals surface area contributed by atoms with E-state index in [9.17, 15) is 0 Å². The quantitative estimate of drug-likeness (QED) is 0.596. The van der Waals surface area contributed by atoms with Crippen molar-refractivity contribution in [3.05, 3.63) is 60.2 Å². The van der Waals surface area contributed by atoms with Crippen molar-refractivity contribution in [2.45, 2.75) is 43.5 Å². The standard InChI is InChI=1S/C21H22N4S/c1-15(14-22)26-20-24-23-19(25(20)18-8-6-5-7-9-18)16-10-12-17(13-11-16)21(2,3)4/h5-13,15H,1-4H3/t15-/m0/s1. The van der Waals surface area contributed by atoms with Crippen LogP contribution < -0.4 is 0 Å². The van der Waals surface area contributed by atoms with Crippen molar-refractivity contribution < 1.29 is 0 Å². The molecule has 0 saturated heterocycles. The topological polar surface area (TPSA) is 54.5 Å². The Balaban J connectivity index is 2.09. The number of rotatable bonds is 4. The molecule has 0 radical (unpaired) electrons. The lowest BCUT2D eigenvalue weighted by Crippen LogP contribution is -2.10. The molecule has 0 spiro atoms. The van der Waals surface area contributed by atoms with Gasteiger partial charge in [0.1, 0.15) is 0 Å². The van der Waals surface area contributed by atoms with E-state index in [0.717, 1.165) is 22.2 Å². The van der Waals surface area contributed by atoms with Gasteiger partial charge in [0.2, 0.25) is 0 Å². The smallest absolute Gasteiger partial charge is 0.197 e. The fourth-order valence-corrected chi connectivity index (χ4v) is 3.40. The summed E-state index contributed by atoms with van der Waals surface area (Å²) in [7, 11) is 0. The molecule has 0 N–H and O–H groups in total. The third kappa shape index (κ3) is 3.81. The zero-order valence-electron chi connectivity index (χ0n) is 15.5. The van der Waals surface area contributed by atoms with Gasteiger partial charge in [-0.2, -0.15) is 5.26 Å². The minimum absolute atomic E-state index is 0.106. The molecule has 0 bridgehead atoms. The van der Waals surface area contributed by atoms with Crippen molar-refractivity contribution in [1.29, 1.82) is 5.26 Å². The molecule has 0 fully saturated rings. The van der Waals surface area contributed by atoms with Crippen molar-refractivity contribution in [3.63, 3.8) is 0 Å². The van der Waals surface area contributed by atoms with Gasteiger partial charge < -0.3 is 0 Å². The molecule has 3 rings (SSSR count). The first-order valence-corrected chi connectivity index (χ1v) is 9.46. The van der Waals surface area contributed by atoms with Gasteiger partial charge in [0, 0.05) is 11.3 Å². The van der Waals surface area contributed by atoms with E-state index in [1.807, 2.05) is 41.8 Å². The molecule has 132 valence electrons. The highest BCUT2D eigenvalue weighted by Gasteiger charge is 2.19. The molecule has 1 aromatic heterocycles. The highest BCUT2D eigenvalue weighted by Crippen LogP contribution is 2.31. The zero-order valence-corrected chi connectivity index (χ0v) is 16.3. The molecule has 0 saturated carbocycles. The molecule has 1 atom stereocenters. The Morgan fingerprint density at radius 2 is 1.65 bits per heavy atom. The molecule has 26 heavy (non-hydrogen) atoms. The summed E-state index contributed by atoms with van der Waals surface area (Å²) >= 11 is 1.42. The number of para-hydroxylation sites is 1. The molecular formula is C21H22N4S. The summed E-state index contributed by atoms with van der Waals surface area (Å²) in [5.41, 5.74) is 3.38.